The second-order valence-corrected chi connectivity index (χ2v) is 19.8. The predicted octanol–water partition coefficient (Wildman–Crippen LogP) is 12.3. The molecule has 0 spiro atoms. The number of hydrogen-bond acceptors (Lipinski definition) is 11. The van der Waals surface area contributed by atoms with Gasteiger partial charge in [-0.2, -0.15) is 0 Å². The molecule has 1 aliphatic rings. The van der Waals surface area contributed by atoms with Crippen LogP contribution in [0.2, 0.25) is 0 Å². The lowest BCUT2D eigenvalue weighted by Crippen LogP contribution is -2.64. The van der Waals surface area contributed by atoms with Gasteiger partial charge < -0.3 is 39.9 Å². The van der Waals surface area contributed by atoms with Crippen molar-refractivity contribution in [2.24, 2.45) is 0 Å². The molecule has 13 heteroatoms. The standard InChI is InChI=1S/C55H97O12P/c1-3-5-7-9-11-13-15-17-19-21-23-24-25-27-29-31-33-35-37-39-41-43-45-64-46-48(47-65-68(62,63)67-55-53(60)51(58)50(57)52(59)54(55)61)66-49(56)44-42-40-38-36-34-32-30-28-26-22-20-18-16-14-12-10-8-6-4-2/h5,7,11,13,17,19,23-24,27,29,33,35,48,50-55,57-61H,3-4,6,8-10,12,14-16,18,20-22,25-26,28,30-32,34,36-47H2,1-2H3,(H,62,63)/b7-5-,13-11-,19-17-,24-23-,29-27-,35-33-. The number of allylic oxidation sites excluding steroid dienone is 12. The number of esters is 1. The highest BCUT2D eigenvalue weighted by molar-refractivity contribution is 7.47. The highest BCUT2D eigenvalue weighted by Crippen LogP contribution is 2.47. The highest BCUT2D eigenvalue weighted by Gasteiger charge is 2.51. The lowest BCUT2D eigenvalue weighted by molar-refractivity contribution is -0.220. The van der Waals surface area contributed by atoms with E-state index in [4.69, 9.17) is 18.5 Å². The second-order valence-electron chi connectivity index (χ2n) is 18.4. The molecule has 0 aromatic heterocycles. The molecule has 6 unspecified atom stereocenters. The third-order valence-electron chi connectivity index (χ3n) is 12.1. The summed E-state index contributed by atoms with van der Waals surface area (Å²) < 4.78 is 34.3. The number of phosphoric acid groups is 1. The molecular formula is C55H97O12P. The average Bonchev–Trinajstić information content (AvgIpc) is 3.32. The fourth-order valence-corrected chi connectivity index (χ4v) is 8.86. The van der Waals surface area contributed by atoms with E-state index in [-0.39, 0.29) is 13.0 Å². The monoisotopic (exact) mass is 981 g/mol. The van der Waals surface area contributed by atoms with E-state index in [9.17, 15) is 39.8 Å². The maximum Gasteiger partial charge on any atom is 0.472 e. The van der Waals surface area contributed by atoms with E-state index in [2.05, 4.69) is 86.8 Å². The van der Waals surface area contributed by atoms with Crippen molar-refractivity contribution in [2.45, 2.75) is 249 Å². The van der Waals surface area contributed by atoms with Crippen molar-refractivity contribution in [3.8, 4) is 0 Å². The van der Waals surface area contributed by atoms with Gasteiger partial charge >= 0.3 is 13.8 Å². The summed E-state index contributed by atoms with van der Waals surface area (Å²) in [5, 5.41) is 50.3. The Kier molecular flexibility index (Phi) is 41.9. The quantitative estimate of drug-likeness (QED) is 0.0147. The highest BCUT2D eigenvalue weighted by atomic mass is 31.2. The van der Waals surface area contributed by atoms with Crippen LogP contribution in [-0.2, 0) is 27.9 Å². The van der Waals surface area contributed by atoms with Gasteiger partial charge in [-0.1, -0.05) is 209 Å². The van der Waals surface area contributed by atoms with E-state index in [1.165, 1.54) is 96.3 Å². The Balaban J connectivity index is 2.36. The minimum atomic E-state index is -5.04. The Bertz CT molecular complexity index is 1400. The van der Waals surface area contributed by atoms with E-state index in [0.717, 1.165) is 83.5 Å². The molecule has 1 saturated carbocycles. The normalized spacial score (nSPS) is 21.7. The van der Waals surface area contributed by atoms with Gasteiger partial charge in [-0.15, -0.1) is 0 Å². The summed E-state index contributed by atoms with van der Waals surface area (Å²) in [5.41, 5.74) is 0. The van der Waals surface area contributed by atoms with Crippen LogP contribution in [0.25, 0.3) is 0 Å². The number of carbonyl (C=O) groups excluding carboxylic acids is 1. The van der Waals surface area contributed by atoms with Crippen molar-refractivity contribution >= 4 is 13.8 Å². The summed E-state index contributed by atoms with van der Waals surface area (Å²) in [6.45, 7) is 4.09. The summed E-state index contributed by atoms with van der Waals surface area (Å²) in [6.07, 6.45) is 46.8. The van der Waals surface area contributed by atoms with Crippen molar-refractivity contribution in [3.63, 3.8) is 0 Å². The molecule has 1 fully saturated rings. The smallest absolute Gasteiger partial charge is 0.457 e. The summed E-state index contributed by atoms with van der Waals surface area (Å²) in [6, 6.07) is 0. The van der Waals surface area contributed by atoms with Gasteiger partial charge in [0.1, 0.15) is 42.7 Å². The zero-order valence-electron chi connectivity index (χ0n) is 42.4. The summed E-state index contributed by atoms with van der Waals surface area (Å²) in [7, 11) is -5.04. The first-order chi connectivity index (χ1) is 33.0. The summed E-state index contributed by atoms with van der Waals surface area (Å²) >= 11 is 0. The van der Waals surface area contributed by atoms with E-state index in [0.29, 0.717) is 13.0 Å². The first-order valence-electron chi connectivity index (χ1n) is 26.8. The molecule has 0 aliphatic heterocycles. The molecule has 0 radical (unpaired) electrons. The van der Waals surface area contributed by atoms with Gasteiger partial charge in [-0.25, -0.2) is 4.57 Å². The van der Waals surface area contributed by atoms with Gasteiger partial charge in [0.15, 0.2) is 0 Å². The van der Waals surface area contributed by atoms with Gasteiger partial charge in [0, 0.05) is 13.0 Å². The van der Waals surface area contributed by atoms with Gasteiger partial charge in [-0.05, 0) is 64.2 Å². The molecule has 68 heavy (non-hydrogen) atoms. The third-order valence-corrected chi connectivity index (χ3v) is 13.1. The van der Waals surface area contributed by atoms with Gasteiger partial charge in [0.05, 0.1) is 13.2 Å². The summed E-state index contributed by atoms with van der Waals surface area (Å²) in [4.78, 5) is 23.3. The zero-order valence-corrected chi connectivity index (χ0v) is 43.3. The van der Waals surface area contributed by atoms with Crippen LogP contribution in [0.4, 0.5) is 0 Å². The summed E-state index contributed by atoms with van der Waals surface area (Å²) in [5.74, 6) is -0.488. The molecule has 6 N–H and O–H groups in total. The molecule has 0 aromatic rings. The molecule has 1 rings (SSSR count). The van der Waals surface area contributed by atoms with Crippen LogP contribution < -0.4 is 0 Å². The average molecular weight is 981 g/mol. The molecule has 1 aliphatic carbocycles. The number of ether oxygens (including phenoxy) is 2. The molecule has 0 bridgehead atoms. The van der Waals surface area contributed by atoms with Crippen molar-refractivity contribution in [2.75, 3.05) is 19.8 Å². The van der Waals surface area contributed by atoms with Crippen LogP contribution in [0.1, 0.15) is 206 Å². The van der Waals surface area contributed by atoms with Crippen LogP contribution in [0.5, 0.6) is 0 Å². The fraction of sp³-hybridized carbons (Fsp3) is 0.764. The Hall–Kier alpha value is -2.22. The van der Waals surface area contributed by atoms with E-state index in [1.54, 1.807) is 0 Å². The van der Waals surface area contributed by atoms with Gasteiger partial charge in [0.2, 0.25) is 0 Å². The maximum atomic E-state index is 12.9. The van der Waals surface area contributed by atoms with Crippen molar-refractivity contribution in [3.05, 3.63) is 72.9 Å². The fourth-order valence-electron chi connectivity index (χ4n) is 7.89. The minimum absolute atomic E-state index is 0.101. The molecule has 12 nitrogen and oxygen atoms in total. The molecule has 0 aromatic carbocycles. The number of rotatable bonds is 45. The topological polar surface area (TPSA) is 192 Å². The molecule has 0 amide bonds. The largest absolute Gasteiger partial charge is 0.472 e. The van der Waals surface area contributed by atoms with E-state index >= 15 is 0 Å². The number of aliphatic hydroxyl groups is 5. The molecule has 0 heterocycles. The van der Waals surface area contributed by atoms with Crippen LogP contribution >= 0.6 is 7.82 Å². The van der Waals surface area contributed by atoms with E-state index in [1.807, 2.05) is 0 Å². The molecule has 394 valence electrons. The van der Waals surface area contributed by atoms with Crippen LogP contribution in [0.15, 0.2) is 72.9 Å². The Morgan fingerprint density at radius 3 is 1.31 bits per heavy atom. The van der Waals surface area contributed by atoms with Crippen molar-refractivity contribution in [1.82, 2.24) is 0 Å². The van der Waals surface area contributed by atoms with Crippen molar-refractivity contribution < 1.29 is 58.3 Å². The van der Waals surface area contributed by atoms with Gasteiger partial charge in [0.25, 0.3) is 0 Å². The Labute approximate surface area is 412 Å². The third kappa shape index (κ3) is 35.8. The van der Waals surface area contributed by atoms with Crippen LogP contribution in [-0.4, -0.2) is 98.9 Å². The SMILES string of the molecule is CC/C=C\C/C=C\C/C=C\C/C=C\C/C=C\C/C=C\CCCCCOCC(COP(=O)(O)OC1C(O)C(O)C(O)C(O)C1O)OC(=O)CCCCCCCCCCCCCCCCCCCCC. The van der Waals surface area contributed by atoms with Crippen LogP contribution in [0, 0.1) is 0 Å². The molecular weight excluding hydrogens is 884 g/mol. The van der Waals surface area contributed by atoms with Gasteiger partial charge in [-0.3, -0.25) is 13.8 Å². The maximum absolute atomic E-state index is 12.9. The number of hydrogen-bond donors (Lipinski definition) is 6. The molecule has 6 atom stereocenters. The number of phosphoric ester groups is 1. The Morgan fingerprint density at radius 2 is 0.868 bits per heavy atom. The number of unbranched alkanes of at least 4 members (excludes halogenated alkanes) is 21. The first kappa shape index (κ1) is 63.8. The van der Waals surface area contributed by atoms with Crippen LogP contribution in [0.3, 0.4) is 0 Å². The predicted molar refractivity (Wildman–Crippen MR) is 276 cm³/mol. The number of carbonyl (C=O) groups is 1. The number of aliphatic hydroxyl groups excluding tert-OH is 5. The lowest BCUT2D eigenvalue weighted by Gasteiger charge is -2.41. The minimum Gasteiger partial charge on any atom is -0.457 e. The second kappa shape index (κ2) is 44.7. The van der Waals surface area contributed by atoms with E-state index < -0.39 is 63.1 Å². The lowest BCUT2D eigenvalue weighted by atomic mass is 9.85. The van der Waals surface area contributed by atoms with Crippen molar-refractivity contribution in [1.29, 1.82) is 0 Å². The Morgan fingerprint density at radius 1 is 0.485 bits per heavy atom. The first-order valence-corrected chi connectivity index (χ1v) is 28.3. The zero-order chi connectivity index (χ0) is 49.8. The molecule has 0 saturated heterocycles.